The molecule has 0 amide bonds. The van der Waals surface area contributed by atoms with Gasteiger partial charge in [0.2, 0.25) is 0 Å². The van der Waals surface area contributed by atoms with Gasteiger partial charge in [0.25, 0.3) is 0 Å². The normalized spacial score (nSPS) is 22.5. The molecule has 0 saturated carbocycles. The van der Waals surface area contributed by atoms with Crippen molar-refractivity contribution in [2.75, 3.05) is 6.54 Å². The Morgan fingerprint density at radius 3 is 3.05 bits per heavy atom. The molecule has 2 aromatic heterocycles. The summed E-state index contributed by atoms with van der Waals surface area (Å²) in [6.07, 6.45) is 3.14. The van der Waals surface area contributed by atoms with E-state index in [1.165, 1.54) is 17.0 Å². The lowest BCUT2D eigenvalue weighted by Gasteiger charge is -2.36. The smallest absolute Gasteiger partial charge is 0.160 e. The summed E-state index contributed by atoms with van der Waals surface area (Å²) < 4.78 is 0. The molecule has 19 heavy (non-hydrogen) atoms. The Balaban J connectivity index is 1.94. The summed E-state index contributed by atoms with van der Waals surface area (Å²) in [4.78, 5) is 17.3. The number of nitrogens with one attached hydrogen (secondary N) is 1. The number of hydrogen-bond donors (Lipinski definition) is 1. The second-order valence-corrected chi connectivity index (χ2v) is 6.96. The second kappa shape index (κ2) is 4.69. The van der Waals surface area contributed by atoms with E-state index in [0.717, 1.165) is 40.8 Å². The van der Waals surface area contributed by atoms with Crippen molar-refractivity contribution in [2.24, 2.45) is 0 Å². The fourth-order valence-electron chi connectivity index (χ4n) is 2.86. The van der Waals surface area contributed by atoms with Crippen LogP contribution in [0.4, 0.5) is 0 Å². The molecule has 0 aliphatic carbocycles. The van der Waals surface area contributed by atoms with Crippen LogP contribution in [0.3, 0.4) is 0 Å². The third kappa shape index (κ3) is 2.55. The molecule has 3 nitrogen and oxygen atoms in total. The summed E-state index contributed by atoms with van der Waals surface area (Å²) in [5.41, 5.74) is 1.35. The number of pyridine rings is 1. The summed E-state index contributed by atoms with van der Waals surface area (Å²) >= 11 is 1.48. The first-order valence-corrected chi connectivity index (χ1v) is 7.50. The highest BCUT2D eigenvalue weighted by atomic mass is 32.1. The van der Waals surface area contributed by atoms with E-state index in [2.05, 4.69) is 31.3 Å². The summed E-state index contributed by atoms with van der Waals surface area (Å²) in [6, 6.07) is 6.13. The standard InChI is InChI=1S/C15H18N2OS/c1-15(2)8-11(5-6-16-15)13-4-3-10-7-12(9-18)19-14(10)17-13/h3-4,7,9,11,16H,5-6,8H2,1-2H3. The molecule has 0 aromatic carbocycles. The van der Waals surface area contributed by atoms with Crippen LogP contribution >= 0.6 is 11.3 Å². The maximum atomic E-state index is 10.8. The van der Waals surface area contributed by atoms with Crippen LogP contribution in [0.15, 0.2) is 18.2 Å². The predicted molar refractivity (Wildman–Crippen MR) is 79.1 cm³/mol. The zero-order valence-electron chi connectivity index (χ0n) is 11.3. The quantitative estimate of drug-likeness (QED) is 0.854. The maximum Gasteiger partial charge on any atom is 0.160 e. The van der Waals surface area contributed by atoms with E-state index in [1.807, 2.05) is 6.07 Å². The number of aromatic nitrogens is 1. The highest BCUT2D eigenvalue weighted by molar-refractivity contribution is 7.20. The first-order valence-electron chi connectivity index (χ1n) is 6.68. The van der Waals surface area contributed by atoms with Crippen LogP contribution in [0.25, 0.3) is 10.2 Å². The summed E-state index contributed by atoms with van der Waals surface area (Å²) in [7, 11) is 0. The molecule has 2 aromatic rings. The van der Waals surface area contributed by atoms with E-state index in [1.54, 1.807) is 0 Å². The fourth-order valence-corrected chi connectivity index (χ4v) is 3.72. The van der Waals surface area contributed by atoms with E-state index in [-0.39, 0.29) is 5.54 Å². The Morgan fingerprint density at radius 2 is 2.32 bits per heavy atom. The Bertz CT molecular complexity index is 618. The molecule has 1 N–H and O–H groups in total. The zero-order valence-corrected chi connectivity index (χ0v) is 12.1. The van der Waals surface area contributed by atoms with Crippen molar-refractivity contribution in [3.8, 4) is 0 Å². The first kappa shape index (κ1) is 12.8. The zero-order chi connectivity index (χ0) is 13.5. The molecule has 100 valence electrons. The van der Waals surface area contributed by atoms with Crippen molar-refractivity contribution in [1.82, 2.24) is 10.3 Å². The van der Waals surface area contributed by atoms with E-state index >= 15 is 0 Å². The van der Waals surface area contributed by atoms with Crippen LogP contribution in [0.2, 0.25) is 0 Å². The van der Waals surface area contributed by atoms with Gasteiger partial charge in [-0.05, 0) is 45.4 Å². The van der Waals surface area contributed by atoms with Gasteiger partial charge >= 0.3 is 0 Å². The van der Waals surface area contributed by atoms with Crippen molar-refractivity contribution in [2.45, 2.75) is 38.1 Å². The minimum absolute atomic E-state index is 0.183. The molecule has 1 aliphatic heterocycles. The van der Waals surface area contributed by atoms with Crippen LogP contribution in [0.5, 0.6) is 0 Å². The lowest BCUT2D eigenvalue weighted by atomic mass is 9.82. The SMILES string of the molecule is CC1(C)CC(c2ccc3cc(C=O)sc3n2)CCN1. The van der Waals surface area contributed by atoms with Gasteiger partial charge in [0, 0.05) is 22.5 Å². The average Bonchev–Trinajstić information content (AvgIpc) is 2.79. The van der Waals surface area contributed by atoms with Crippen molar-refractivity contribution in [3.05, 3.63) is 28.8 Å². The number of piperidine rings is 1. The van der Waals surface area contributed by atoms with Crippen molar-refractivity contribution < 1.29 is 4.79 Å². The Hall–Kier alpha value is -1.26. The summed E-state index contributed by atoms with van der Waals surface area (Å²) in [5.74, 6) is 0.516. The summed E-state index contributed by atoms with van der Waals surface area (Å²) in [6.45, 7) is 5.53. The lowest BCUT2D eigenvalue weighted by molar-refractivity contribution is 0.112. The number of hydrogen-bond acceptors (Lipinski definition) is 4. The van der Waals surface area contributed by atoms with Gasteiger partial charge in [-0.2, -0.15) is 0 Å². The Morgan fingerprint density at radius 1 is 1.47 bits per heavy atom. The van der Waals surface area contributed by atoms with Crippen LogP contribution in [-0.2, 0) is 0 Å². The molecule has 0 spiro atoms. The van der Waals surface area contributed by atoms with Crippen molar-refractivity contribution >= 4 is 27.8 Å². The molecule has 1 unspecified atom stereocenters. The maximum absolute atomic E-state index is 10.8. The van der Waals surface area contributed by atoms with Gasteiger partial charge in [-0.15, -0.1) is 11.3 Å². The predicted octanol–water partition coefficient (Wildman–Crippen LogP) is 3.35. The molecule has 0 radical (unpaired) electrons. The van der Waals surface area contributed by atoms with Crippen LogP contribution in [0.1, 0.15) is 48.0 Å². The minimum atomic E-state index is 0.183. The molecule has 1 saturated heterocycles. The topological polar surface area (TPSA) is 42.0 Å². The van der Waals surface area contributed by atoms with Crippen molar-refractivity contribution in [1.29, 1.82) is 0 Å². The molecular weight excluding hydrogens is 256 g/mol. The van der Waals surface area contributed by atoms with Gasteiger partial charge < -0.3 is 5.32 Å². The Labute approximate surface area is 117 Å². The number of aldehydes is 1. The van der Waals surface area contributed by atoms with Gasteiger partial charge in [-0.25, -0.2) is 4.98 Å². The molecule has 3 rings (SSSR count). The van der Waals surface area contributed by atoms with Gasteiger partial charge in [-0.3, -0.25) is 4.79 Å². The first-order chi connectivity index (χ1) is 9.07. The number of carbonyl (C=O) groups is 1. The van der Waals surface area contributed by atoms with Crippen LogP contribution in [0, 0.1) is 0 Å². The lowest BCUT2D eigenvalue weighted by Crippen LogP contribution is -2.45. The van der Waals surface area contributed by atoms with Crippen LogP contribution < -0.4 is 5.32 Å². The molecule has 4 heteroatoms. The largest absolute Gasteiger partial charge is 0.312 e. The van der Waals surface area contributed by atoms with Crippen molar-refractivity contribution in [3.63, 3.8) is 0 Å². The third-order valence-electron chi connectivity index (χ3n) is 3.81. The molecule has 1 fully saturated rings. The molecule has 0 bridgehead atoms. The number of rotatable bonds is 2. The highest BCUT2D eigenvalue weighted by Gasteiger charge is 2.29. The van der Waals surface area contributed by atoms with Gasteiger partial charge in [0.1, 0.15) is 4.83 Å². The second-order valence-electron chi connectivity index (χ2n) is 5.90. The number of fused-ring (bicyclic) bond motifs is 1. The van der Waals surface area contributed by atoms with Gasteiger partial charge in [0.15, 0.2) is 6.29 Å². The molecule has 1 aliphatic rings. The highest BCUT2D eigenvalue weighted by Crippen LogP contribution is 2.33. The van der Waals surface area contributed by atoms with Crippen LogP contribution in [-0.4, -0.2) is 23.4 Å². The minimum Gasteiger partial charge on any atom is -0.312 e. The van der Waals surface area contributed by atoms with E-state index in [4.69, 9.17) is 4.98 Å². The summed E-state index contributed by atoms with van der Waals surface area (Å²) in [5, 5.41) is 4.61. The van der Waals surface area contributed by atoms with E-state index in [0.29, 0.717) is 5.92 Å². The van der Waals surface area contributed by atoms with E-state index < -0.39 is 0 Å². The van der Waals surface area contributed by atoms with Gasteiger partial charge in [0.05, 0.1) is 4.88 Å². The van der Waals surface area contributed by atoms with E-state index in [9.17, 15) is 4.79 Å². The number of nitrogens with zero attached hydrogens (tertiary/aromatic N) is 1. The number of carbonyl (C=O) groups excluding carboxylic acids is 1. The molecule has 3 heterocycles. The fraction of sp³-hybridized carbons (Fsp3) is 0.467. The molecule has 1 atom stereocenters. The third-order valence-corrected chi connectivity index (χ3v) is 4.78. The molecular formula is C15H18N2OS. The average molecular weight is 274 g/mol. The number of thiophene rings is 1. The van der Waals surface area contributed by atoms with Gasteiger partial charge in [-0.1, -0.05) is 6.07 Å². The Kier molecular flexibility index (Phi) is 3.15. The monoisotopic (exact) mass is 274 g/mol.